The number of benzene rings is 4. The average molecular weight is 1340 g/mol. The number of sulfonamides is 2. The molecule has 18 nitrogen and oxygen atoms in total. The molecule has 0 atom stereocenters. The van der Waals surface area contributed by atoms with Gasteiger partial charge < -0.3 is 38.7 Å². The number of fused-ring (bicyclic) bond motifs is 2. The topological polar surface area (TPSA) is 259 Å². The van der Waals surface area contributed by atoms with Crippen molar-refractivity contribution in [2.24, 2.45) is 0 Å². The average Bonchev–Trinajstić information content (AvgIpc) is 3.81. The van der Waals surface area contributed by atoms with Gasteiger partial charge in [-0.2, -0.15) is 0 Å². The van der Waals surface area contributed by atoms with Crippen molar-refractivity contribution in [3.63, 3.8) is 0 Å². The van der Waals surface area contributed by atoms with Gasteiger partial charge in [0.2, 0.25) is 11.8 Å². The van der Waals surface area contributed by atoms with Gasteiger partial charge in [0, 0.05) is 0 Å². The monoisotopic (exact) mass is 1330 g/mol. The Labute approximate surface area is 526 Å². The van der Waals surface area contributed by atoms with Gasteiger partial charge in [-0.15, -0.1) is 40.2 Å². The SMILES string of the molecule is CC(C)c1cc(-c2ccc3c(c2)OC(F)(F)O3)cc(C(C)C)c1CC(=O)NS(=O)(=O)c1sc(C(C)(C)O)nc1CO.CC(C)c1cc(-c2ccc3c(c2)OC(F)(F)O3)cc(C(C)C)c1CC(=O)NS(=O)(=O)c1sc(C(C)(C)O)nc1CO[Si](C)(C)C(C)(C)C. The highest BCUT2D eigenvalue weighted by Crippen LogP contribution is 2.47. The van der Waals surface area contributed by atoms with E-state index >= 15 is 0 Å². The van der Waals surface area contributed by atoms with E-state index in [0.29, 0.717) is 39.2 Å². The lowest BCUT2D eigenvalue weighted by molar-refractivity contribution is -0.287. The molecule has 0 saturated heterocycles. The van der Waals surface area contributed by atoms with Crippen molar-refractivity contribution < 1.29 is 82.7 Å². The van der Waals surface area contributed by atoms with Crippen LogP contribution in [0.2, 0.25) is 18.1 Å². The van der Waals surface area contributed by atoms with Gasteiger partial charge in [0.05, 0.1) is 37.4 Å². The predicted octanol–water partition coefficient (Wildman–Crippen LogP) is 13.3. The zero-order chi connectivity index (χ0) is 66.7. The highest BCUT2D eigenvalue weighted by molar-refractivity contribution is 7.92. The number of halogens is 4. The highest BCUT2D eigenvalue weighted by Gasteiger charge is 2.45. The van der Waals surface area contributed by atoms with Gasteiger partial charge in [-0.1, -0.05) is 113 Å². The minimum Gasteiger partial charge on any atom is -0.411 e. The van der Waals surface area contributed by atoms with Gasteiger partial charge in [0.25, 0.3) is 20.0 Å². The smallest absolute Gasteiger partial charge is 0.411 e. The molecule has 27 heteroatoms. The number of amides is 2. The first-order chi connectivity index (χ1) is 40.7. The third-order valence-electron chi connectivity index (χ3n) is 15.1. The summed E-state index contributed by atoms with van der Waals surface area (Å²) in [6, 6.07) is 16.6. The molecule has 0 aliphatic carbocycles. The number of aliphatic hydroxyl groups is 3. The molecule has 8 rings (SSSR count). The van der Waals surface area contributed by atoms with Crippen LogP contribution in [0, 0.1) is 0 Å². The lowest BCUT2D eigenvalue weighted by Crippen LogP contribution is -2.40. The molecule has 5 N–H and O–H groups in total. The van der Waals surface area contributed by atoms with Crippen LogP contribution >= 0.6 is 22.7 Å². The molecule has 2 aliphatic heterocycles. The quantitative estimate of drug-likeness (QED) is 0.0352. The molecule has 0 radical (unpaired) electrons. The van der Waals surface area contributed by atoms with Crippen LogP contribution in [-0.2, 0) is 71.3 Å². The van der Waals surface area contributed by atoms with Crippen molar-refractivity contribution in [1.29, 1.82) is 0 Å². The Bertz CT molecular complexity index is 3840. The predicted molar refractivity (Wildman–Crippen MR) is 333 cm³/mol. The first-order valence-corrected chi connectivity index (χ1v) is 36.2. The molecule has 0 unspecified atom stereocenters. The van der Waals surface area contributed by atoms with Gasteiger partial charge in [-0.25, -0.2) is 36.2 Å². The number of thiazole rings is 2. The second-order valence-corrected chi connectivity index (χ2v) is 36.3. The molecule has 4 heterocycles. The summed E-state index contributed by atoms with van der Waals surface area (Å²) in [5.41, 5.74) is 4.36. The number of ether oxygens (including phenoxy) is 4. The third-order valence-corrected chi connectivity index (χ3v) is 26.3. The van der Waals surface area contributed by atoms with Crippen molar-refractivity contribution in [1.82, 2.24) is 19.4 Å². The van der Waals surface area contributed by atoms with Crippen molar-refractivity contribution in [2.75, 3.05) is 0 Å². The molecular formula is C62H78F4N4O14S4Si. The molecule has 89 heavy (non-hydrogen) atoms. The molecule has 2 aromatic heterocycles. The fourth-order valence-electron chi connectivity index (χ4n) is 9.56. The van der Waals surface area contributed by atoms with E-state index in [4.69, 9.17) is 4.43 Å². The number of aliphatic hydroxyl groups excluding tert-OH is 1. The molecule has 2 amide bonds. The summed E-state index contributed by atoms with van der Waals surface area (Å²) in [4.78, 5) is 35.2. The molecule has 4 aromatic carbocycles. The van der Waals surface area contributed by atoms with E-state index in [2.05, 4.69) is 59.1 Å². The van der Waals surface area contributed by atoms with Crippen molar-refractivity contribution in [3.8, 4) is 45.3 Å². The van der Waals surface area contributed by atoms with E-state index in [1.165, 1.54) is 52.0 Å². The third kappa shape index (κ3) is 16.4. The van der Waals surface area contributed by atoms with Crippen molar-refractivity contribution in [2.45, 2.75) is 204 Å². The van der Waals surface area contributed by atoms with E-state index in [0.717, 1.165) is 39.2 Å². The Hall–Kier alpha value is -6.04. The van der Waals surface area contributed by atoms with Gasteiger partial charge in [0.15, 0.2) is 39.7 Å². The van der Waals surface area contributed by atoms with Crippen LogP contribution in [0.3, 0.4) is 0 Å². The molecular weight excluding hydrogens is 1260 g/mol. The van der Waals surface area contributed by atoms with Gasteiger partial charge in [-0.3, -0.25) is 9.59 Å². The minimum atomic E-state index is -4.40. The largest absolute Gasteiger partial charge is 0.586 e. The van der Waals surface area contributed by atoms with Crippen LogP contribution in [0.1, 0.15) is 182 Å². The Balaban J connectivity index is 0.000000257. The zero-order valence-corrected chi connectivity index (χ0v) is 57.0. The number of hydrogen-bond donors (Lipinski definition) is 5. The Morgan fingerprint density at radius 2 is 0.888 bits per heavy atom. The number of hydrogen-bond acceptors (Lipinski definition) is 18. The summed E-state index contributed by atoms with van der Waals surface area (Å²) in [5, 5.41) is 30.7. The zero-order valence-electron chi connectivity index (χ0n) is 52.8. The maximum absolute atomic E-state index is 13.8. The van der Waals surface area contributed by atoms with Gasteiger partial charge >= 0.3 is 12.6 Å². The Morgan fingerprint density at radius 3 is 1.20 bits per heavy atom. The fourth-order valence-corrected chi connectivity index (χ4v) is 15.5. The lowest BCUT2D eigenvalue weighted by Gasteiger charge is -2.36. The number of nitrogens with one attached hydrogen (secondary N) is 2. The van der Waals surface area contributed by atoms with Crippen LogP contribution in [0.4, 0.5) is 17.6 Å². The fraction of sp³-hybridized carbons (Fsp3) is 0.484. The summed E-state index contributed by atoms with van der Waals surface area (Å²) in [7, 11) is -11.1. The number of alkyl halides is 4. The maximum atomic E-state index is 13.8. The number of aromatic nitrogens is 2. The molecule has 0 saturated carbocycles. The summed E-state index contributed by atoms with van der Waals surface area (Å²) < 4.78 is 137. The van der Waals surface area contributed by atoms with Crippen LogP contribution in [-0.4, -0.2) is 74.8 Å². The summed E-state index contributed by atoms with van der Waals surface area (Å²) in [5.74, 6) is -2.06. The molecule has 6 aromatic rings. The maximum Gasteiger partial charge on any atom is 0.586 e. The summed E-state index contributed by atoms with van der Waals surface area (Å²) in [6.07, 6.45) is -7.95. The molecule has 0 spiro atoms. The van der Waals surface area contributed by atoms with Crippen LogP contribution in [0.15, 0.2) is 69.1 Å². The Morgan fingerprint density at radius 1 is 0.562 bits per heavy atom. The molecule has 0 bridgehead atoms. The van der Waals surface area contributed by atoms with Crippen LogP contribution < -0.4 is 28.4 Å². The number of nitrogens with zero attached hydrogens (tertiary/aromatic N) is 2. The number of rotatable bonds is 20. The normalized spacial score (nSPS) is 14.8. The molecule has 2 aliphatic rings. The standard InChI is InChI=1S/C34H46F2N2O7S2Si.C28H32F2N2O7S2/c1-19(2)23-14-22(21-12-13-27-28(16-21)45-34(35,36)44-27)15-24(20(3)4)25(23)17-29(39)38-47(41,42)30-26(37-31(46-30)33(8,9)40)18-43-48(10,11)32(5,6)7;1-14(2)18-9-17(16-7-8-22-23(11-16)39-28(29,30)38-22)10-19(15(3)4)20(18)12-24(34)32-41(36,37)25-21(13-33)31-26(40-25)27(5,6)35/h12-16,19-20,40H,17-18H2,1-11H3,(H,38,39);7-11,14-15,33,35H,12-13H2,1-6H3,(H,32,34). The van der Waals surface area contributed by atoms with Crippen LogP contribution in [0.5, 0.6) is 23.0 Å². The van der Waals surface area contributed by atoms with E-state index in [-0.39, 0.29) is 101 Å². The van der Waals surface area contributed by atoms with E-state index in [9.17, 15) is 59.3 Å². The molecule has 486 valence electrons. The first-order valence-electron chi connectivity index (χ1n) is 28.7. The van der Waals surface area contributed by atoms with Gasteiger partial charge in [0.1, 0.15) is 21.2 Å². The Kier molecular flexibility index (Phi) is 20.2. The number of carbonyl (C=O) groups excluding carboxylic acids is 2. The van der Waals surface area contributed by atoms with E-state index in [1.807, 2.05) is 92.7 Å². The summed E-state index contributed by atoms with van der Waals surface area (Å²) in [6.45, 7) is 31.0. The van der Waals surface area contributed by atoms with Crippen molar-refractivity contribution in [3.05, 3.63) is 115 Å². The summed E-state index contributed by atoms with van der Waals surface area (Å²) >= 11 is 1.49. The van der Waals surface area contributed by atoms with Crippen LogP contribution in [0.25, 0.3) is 22.3 Å². The first kappa shape index (κ1) is 70.4. The molecule has 0 fully saturated rings. The second-order valence-electron chi connectivity index (χ2n) is 25.8. The highest BCUT2D eigenvalue weighted by atomic mass is 32.3. The van der Waals surface area contributed by atoms with Gasteiger partial charge in [-0.05, 0) is 149 Å². The van der Waals surface area contributed by atoms with E-state index in [1.54, 1.807) is 12.1 Å². The van der Waals surface area contributed by atoms with E-state index < -0.39 is 70.6 Å². The lowest BCUT2D eigenvalue weighted by atomic mass is 9.84. The minimum absolute atomic E-state index is 0.0586. The van der Waals surface area contributed by atoms with Crippen molar-refractivity contribution >= 4 is 62.9 Å². The number of carbonyl (C=O) groups is 2. The second kappa shape index (κ2) is 25.6.